The summed E-state index contributed by atoms with van der Waals surface area (Å²) in [4.78, 5) is 0. The Bertz CT molecular complexity index is 1560. The van der Waals surface area contributed by atoms with Crippen LogP contribution in [0.3, 0.4) is 0 Å². The van der Waals surface area contributed by atoms with Crippen LogP contribution in [-0.2, 0) is 17.3 Å². The summed E-state index contributed by atoms with van der Waals surface area (Å²) in [6, 6.07) is 64.7. The quantitative estimate of drug-likeness (QED) is 0.116. The van der Waals surface area contributed by atoms with Crippen LogP contribution in [0.2, 0.25) is 0 Å². The molecule has 0 fully saturated rings. The minimum absolute atomic E-state index is 0.446. The predicted molar refractivity (Wildman–Crippen MR) is 222 cm³/mol. The monoisotopic (exact) mass is 797 g/mol. The van der Waals surface area contributed by atoms with Crippen LogP contribution in [0.5, 0.6) is 0 Å². The number of allylic oxidation sites excluding steroid dienone is 4. The number of halogens is 1. The van der Waals surface area contributed by atoms with E-state index in [2.05, 4.69) is 226 Å². The molecule has 1 aliphatic rings. The average Bonchev–Trinajstić information content (AvgIpc) is 3.36. The summed E-state index contributed by atoms with van der Waals surface area (Å²) < 4.78 is 0. The zero-order chi connectivity index (χ0) is 35.7. The molecule has 0 amide bonds. The van der Waals surface area contributed by atoms with Crippen molar-refractivity contribution in [3.63, 3.8) is 0 Å². The molecular formula is C46H46ClP2Ru. The molecular weight excluding hydrogens is 751 g/mol. The van der Waals surface area contributed by atoms with Crippen LogP contribution in [0.1, 0.15) is 34.6 Å². The smallest absolute Gasteiger partial charge is 0.0134 e. The zero-order valence-electron chi connectivity index (χ0n) is 29.5. The first-order chi connectivity index (χ1) is 24.5. The average molecular weight is 797 g/mol. The molecule has 0 atom stereocenters. The van der Waals surface area contributed by atoms with Crippen LogP contribution in [0.25, 0.3) is 0 Å². The van der Waals surface area contributed by atoms with Crippen molar-refractivity contribution in [2.45, 2.75) is 34.6 Å². The minimum atomic E-state index is -0.446. The third kappa shape index (κ3) is 10.8. The Labute approximate surface area is 317 Å². The second-order valence-corrected chi connectivity index (χ2v) is 16.5. The Kier molecular flexibility index (Phi) is 16.6. The number of rotatable bonds is 6. The van der Waals surface area contributed by atoms with Gasteiger partial charge in [0.25, 0.3) is 0 Å². The van der Waals surface area contributed by atoms with Crippen LogP contribution >= 0.6 is 25.5 Å². The summed E-state index contributed by atoms with van der Waals surface area (Å²) in [5, 5.41) is 8.39. The van der Waals surface area contributed by atoms with E-state index in [0.717, 1.165) is 0 Å². The second kappa shape index (κ2) is 21.1. The molecule has 0 unspecified atom stereocenters. The van der Waals surface area contributed by atoms with E-state index in [-0.39, 0.29) is 0 Å². The molecule has 1 aliphatic carbocycles. The second-order valence-electron chi connectivity index (χ2n) is 12.0. The molecule has 0 saturated heterocycles. The van der Waals surface area contributed by atoms with E-state index in [1.54, 1.807) is 11.1 Å². The molecule has 4 heteroatoms. The molecule has 50 heavy (non-hydrogen) atoms. The first kappa shape index (κ1) is 39.4. The van der Waals surface area contributed by atoms with E-state index in [1.807, 2.05) is 17.3 Å². The molecule has 0 spiro atoms. The summed E-state index contributed by atoms with van der Waals surface area (Å²) >= 11 is 1.82. The SMILES string of the molecule is CC1=C(C)C(C)C(C)=C1C.[Cl][Ru].c1ccc(P(c2ccccc2)c2ccccc2)cc1.c1ccc(P(c2ccccc2)c2ccccc2)cc1. The fraction of sp³-hybridized carbons (Fsp3) is 0.130. The third-order valence-corrected chi connectivity index (χ3v) is 14.0. The summed E-state index contributed by atoms with van der Waals surface area (Å²) in [7, 11) is 3.68. The van der Waals surface area contributed by atoms with Crippen molar-refractivity contribution in [1.29, 1.82) is 0 Å². The maximum atomic E-state index is 4.57. The zero-order valence-corrected chi connectivity index (χ0v) is 33.8. The van der Waals surface area contributed by atoms with Gasteiger partial charge < -0.3 is 0 Å². The van der Waals surface area contributed by atoms with Gasteiger partial charge in [-0.05, 0) is 92.4 Å². The normalized spacial score (nSPS) is 12.4. The summed E-state index contributed by atoms with van der Waals surface area (Å²) in [5.74, 6) is 0.694. The molecule has 6 aromatic carbocycles. The van der Waals surface area contributed by atoms with Crippen molar-refractivity contribution in [2.24, 2.45) is 5.92 Å². The molecule has 0 saturated carbocycles. The number of hydrogen-bond acceptors (Lipinski definition) is 0. The van der Waals surface area contributed by atoms with Crippen molar-refractivity contribution < 1.29 is 17.3 Å². The van der Waals surface area contributed by atoms with E-state index in [1.165, 1.54) is 43.0 Å². The third-order valence-electron chi connectivity index (χ3n) is 9.13. The molecule has 0 bridgehead atoms. The molecule has 0 aliphatic heterocycles. The standard InChI is InChI=1S/2C18H15P.C10H16.ClH.Ru/c2*1-4-10-16(11-5-1)19(17-12-6-2-7-13-17)18-14-8-3-9-15-18;1-6-7(2)9(4)10(5)8(6)3;;/h2*1-15H;6H,1-5H3;1H;/q;;;;+1/p-1. The van der Waals surface area contributed by atoms with Gasteiger partial charge in [-0.15, -0.1) is 0 Å². The molecule has 0 N–H and O–H groups in total. The van der Waals surface area contributed by atoms with Crippen molar-refractivity contribution >= 4 is 57.4 Å². The Morgan fingerprint density at radius 1 is 0.340 bits per heavy atom. The van der Waals surface area contributed by atoms with Gasteiger partial charge in [-0.2, -0.15) is 0 Å². The Morgan fingerprint density at radius 3 is 0.620 bits per heavy atom. The van der Waals surface area contributed by atoms with E-state index < -0.39 is 15.8 Å². The molecule has 6 aromatic rings. The first-order valence-electron chi connectivity index (χ1n) is 16.8. The van der Waals surface area contributed by atoms with E-state index in [0.29, 0.717) is 5.92 Å². The Balaban J connectivity index is 0.000000172. The Morgan fingerprint density at radius 2 is 0.500 bits per heavy atom. The van der Waals surface area contributed by atoms with Gasteiger partial charge in [0.1, 0.15) is 0 Å². The number of hydrogen-bond donors (Lipinski definition) is 0. The van der Waals surface area contributed by atoms with Crippen molar-refractivity contribution in [2.75, 3.05) is 0 Å². The Hall–Kier alpha value is -3.43. The molecule has 0 heterocycles. The van der Waals surface area contributed by atoms with Crippen LogP contribution in [0.15, 0.2) is 204 Å². The van der Waals surface area contributed by atoms with Crippen LogP contribution in [0, 0.1) is 5.92 Å². The molecule has 7 rings (SSSR count). The first-order valence-corrected chi connectivity index (χ1v) is 21.8. The molecule has 0 radical (unpaired) electrons. The van der Waals surface area contributed by atoms with Gasteiger partial charge in [0.15, 0.2) is 0 Å². The summed E-state index contributed by atoms with van der Waals surface area (Å²) in [5.41, 5.74) is 6.11. The fourth-order valence-corrected chi connectivity index (χ4v) is 10.5. The van der Waals surface area contributed by atoms with Gasteiger partial charge in [-0.3, -0.25) is 0 Å². The van der Waals surface area contributed by atoms with Crippen molar-refractivity contribution in [1.82, 2.24) is 0 Å². The molecule has 0 nitrogen and oxygen atoms in total. The van der Waals surface area contributed by atoms with E-state index >= 15 is 0 Å². The van der Waals surface area contributed by atoms with Crippen molar-refractivity contribution in [3.05, 3.63) is 204 Å². The molecule has 255 valence electrons. The summed E-state index contributed by atoms with van der Waals surface area (Å²) in [6.45, 7) is 11.2. The maximum Gasteiger partial charge on any atom is -0.0134 e. The van der Waals surface area contributed by atoms with Gasteiger partial charge in [0.2, 0.25) is 0 Å². The fourth-order valence-electron chi connectivity index (χ4n) is 5.92. The van der Waals surface area contributed by atoms with Crippen LogP contribution in [-0.4, -0.2) is 0 Å². The van der Waals surface area contributed by atoms with E-state index in [9.17, 15) is 0 Å². The topological polar surface area (TPSA) is 0 Å². The minimum Gasteiger partial charge on any atom is -0.0622 e. The summed E-state index contributed by atoms with van der Waals surface area (Å²) in [6.07, 6.45) is 0. The number of benzene rings is 6. The van der Waals surface area contributed by atoms with Gasteiger partial charge in [0, 0.05) is 0 Å². The van der Waals surface area contributed by atoms with E-state index in [4.69, 9.17) is 0 Å². The van der Waals surface area contributed by atoms with Gasteiger partial charge in [0.05, 0.1) is 0 Å². The van der Waals surface area contributed by atoms with Gasteiger partial charge >= 0.3 is 27.0 Å². The maximum absolute atomic E-state index is 4.57. The van der Waals surface area contributed by atoms with Gasteiger partial charge in [-0.1, -0.05) is 200 Å². The predicted octanol–water partition coefficient (Wildman–Crippen LogP) is 10.9. The molecule has 0 aromatic heterocycles. The van der Waals surface area contributed by atoms with Gasteiger partial charge in [-0.25, -0.2) is 0 Å². The van der Waals surface area contributed by atoms with Crippen LogP contribution in [0.4, 0.5) is 0 Å². The van der Waals surface area contributed by atoms with Crippen LogP contribution < -0.4 is 31.8 Å². The van der Waals surface area contributed by atoms with Crippen molar-refractivity contribution in [3.8, 4) is 0 Å². The largest absolute Gasteiger partial charge is 0.0622 e.